The quantitative estimate of drug-likeness (QED) is 0.887. The molecule has 0 amide bonds. The molecule has 2 rings (SSSR count). The van der Waals surface area contributed by atoms with Crippen LogP contribution in [0, 0.1) is 0 Å². The Morgan fingerprint density at radius 1 is 1.47 bits per heavy atom. The van der Waals surface area contributed by atoms with Gasteiger partial charge in [-0.2, -0.15) is 0 Å². The minimum atomic E-state index is 0.0734. The van der Waals surface area contributed by atoms with E-state index in [0.29, 0.717) is 0 Å². The lowest BCUT2D eigenvalue weighted by molar-refractivity contribution is 0.674. The molecule has 0 bridgehead atoms. The van der Waals surface area contributed by atoms with E-state index < -0.39 is 0 Å². The molecule has 2 nitrogen and oxygen atoms in total. The standard InChI is InChI=1S/C12H15BrN2/c1-3-15-11-6-4-5-10(13)9(11)7-12(15)8(2)14/h4-8H,3,14H2,1-2H3. The van der Waals surface area contributed by atoms with Crippen molar-refractivity contribution >= 4 is 26.8 Å². The average Bonchev–Trinajstić information content (AvgIpc) is 2.57. The fourth-order valence-corrected chi connectivity index (χ4v) is 2.47. The maximum Gasteiger partial charge on any atom is 0.0494 e. The second-order valence-corrected chi connectivity index (χ2v) is 4.63. The summed E-state index contributed by atoms with van der Waals surface area (Å²) in [5.74, 6) is 0. The Balaban J connectivity index is 2.78. The minimum absolute atomic E-state index is 0.0734. The zero-order valence-electron chi connectivity index (χ0n) is 9.00. The fraction of sp³-hybridized carbons (Fsp3) is 0.333. The molecule has 0 saturated heterocycles. The van der Waals surface area contributed by atoms with Crippen LogP contribution in [-0.2, 0) is 6.54 Å². The number of hydrogen-bond acceptors (Lipinski definition) is 1. The van der Waals surface area contributed by atoms with Crippen LogP contribution in [-0.4, -0.2) is 4.57 Å². The highest BCUT2D eigenvalue weighted by Gasteiger charge is 2.11. The van der Waals surface area contributed by atoms with Gasteiger partial charge in [0.15, 0.2) is 0 Å². The molecule has 80 valence electrons. The van der Waals surface area contributed by atoms with E-state index in [0.717, 1.165) is 11.0 Å². The summed E-state index contributed by atoms with van der Waals surface area (Å²) in [7, 11) is 0. The summed E-state index contributed by atoms with van der Waals surface area (Å²) in [6.45, 7) is 5.12. The summed E-state index contributed by atoms with van der Waals surface area (Å²) >= 11 is 3.57. The molecule has 1 aromatic heterocycles. The van der Waals surface area contributed by atoms with E-state index in [4.69, 9.17) is 5.73 Å². The van der Waals surface area contributed by atoms with Crippen LogP contribution in [0.25, 0.3) is 10.9 Å². The molecule has 0 spiro atoms. The molecule has 0 fully saturated rings. The highest BCUT2D eigenvalue weighted by atomic mass is 79.9. The van der Waals surface area contributed by atoms with Crippen molar-refractivity contribution in [3.05, 3.63) is 34.4 Å². The number of hydrogen-bond donors (Lipinski definition) is 1. The zero-order chi connectivity index (χ0) is 11.0. The summed E-state index contributed by atoms with van der Waals surface area (Å²) in [5, 5.41) is 1.24. The number of rotatable bonds is 2. The zero-order valence-corrected chi connectivity index (χ0v) is 10.6. The maximum absolute atomic E-state index is 5.97. The van der Waals surface area contributed by atoms with Gasteiger partial charge in [-0.25, -0.2) is 0 Å². The van der Waals surface area contributed by atoms with Crippen molar-refractivity contribution in [2.45, 2.75) is 26.4 Å². The van der Waals surface area contributed by atoms with E-state index in [1.165, 1.54) is 16.6 Å². The number of aryl methyl sites for hydroxylation is 1. The van der Waals surface area contributed by atoms with Gasteiger partial charge >= 0.3 is 0 Å². The third-order valence-electron chi connectivity index (χ3n) is 2.71. The third-order valence-corrected chi connectivity index (χ3v) is 3.40. The summed E-state index contributed by atoms with van der Waals surface area (Å²) in [4.78, 5) is 0. The van der Waals surface area contributed by atoms with Crippen LogP contribution < -0.4 is 5.73 Å². The van der Waals surface area contributed by atoms with Crippen LogP contribution in [0.2, 0.25) is 0 Å². The van der Waals surface area contributed by atoms with Crippen LogP contribution >= 0.6 is 15.9 Å². The smallest absolute Gasteiger partial charge is 0.0494 e. The Morgan fingerprint density at radius 2 is 2.20 bits per heavy atom. The average molecular weight is 267 g/mol. The Hall–Kier alpha value is -0.800. The van der Waals surface area contributed by atoms with Gasteiger partial charge in [0.25, 0.3) is 0 Å². The summed E-state index contributed by atoms with van der Waals surface area (Å²) in [6, 6.07) is 8.50. The van der Waals surface area contributed by atoms with Gasteiger partial charge in [-0.3, -0.25) is 0 Å². The van der Waals surface area contributed by atoms with Crippen molar-refractivity contribution in [2.24, 2.45) is 5.73 Å². The number of fused-ring (bicyclic) bond motifs is 1. The fourth-order valence-electron chi connectivity index (χ4n) is 2.00. The monoisotopic (exact) mass is 266 g/mol. The van der Waals surface area contributed by atoms with Crippen LogP contribution in [0.5, 0.6) is 0 Å². The molecule has 0 radical (unpaired) electrons. The summed E-state index contributed by atoms with van der Waals surface area (Å²) < 4.78 is 3.40. The molecule has 0 aliphatic carbocycles. The van der Waals surface area contributed by atoms with Crippen molar-refractivity contribution in [1.82, 2.24) is 4.57 Å². The van der Waals surface area contributed by atoms with Crippen molar-refractivity contribution in [3.63, 3.8) is 0 Å². The predicted molar refractivity (Wildman–Crippen MR) is 67.9 cm³/mol. The minimum Gasteiger partial charge on any atom is -0.343 e. The van der Waals surface area contributed by atoms with Crippen LogP contribution in [0.3, 0.4) is 0 Å². The topological polar surface area (TPSA) is 30.9 Å². The Labute approximate surface area is 98.2 Å². The lowest BCUT2D eigenvalue weighted by Crippen LogP contribution is -2.11. The molecule has 3 heteroatoms. The first-order chi connectivity index (χ1) is 7.15. The molecule has 1 unspecified atom stereocenters. The second-order valence-electron chi connectivity index (χ2n) is 3.77. The Bertz CT molecular complexity index is 486. The highest BCUT2D eigenvalue weighted by Crippen LogP contribution is 2.29. The van der Waals surface area contributed by atoms with E-state index in [-0.39, 0.29) is 6.04 Å². The maximum atomic E-state index is 5.97. The number of halogens is 1. The SMILES string of the molecule is CCn1c(C(C)N)cc2c(Br)cccc21. The molecule has 1 heterocycles. The van der Waals surface area contributed by atoms with Crippen molar-refractivity contribution in [1.29, 1.82) is 0 Å². The molecular weight excluding hydrogens is 252 g/mol. The largest absolute Gasteiger partial charge is 0.343 e. The van der Waals surface area contributed by atoms with Gasteiger partial charge in [0.05, 0.1) is 0 Å². The van der Waals surface area contributed by atoms with Crippen LogP contribution in [0.1, 0.15) is 25.6 Å². The summed E-state index contributed by atoms with van der Waals surface area (Å²) in [5.41, 5.74) is 8.41. The van der Waals surface area contributed by atoms with Gasteiger partial charge in [-0.15, -0.1) is 0 Å². The van der Waals surface area contributed by atoms with Gasteiger partial charge in [0.1, 0.15) is 0 Å². The molecule has 2 aromatic rings. The van der Waals surface area contributed by atoms with Gasteiger partial charge < -0.3 is 10.3 Å². The number of aromatic nitrogens is 1. The second kappa shape index (κ2) is 3.99. The normalized spacial score (nSPS) is 13.3. The predicted octanol–water partition coefficient (Wildman–Crippen LogP) is 3.44. The molecule has 0 aliphatic heterocycles. The Kier molecular flexibility index (Phi) is 2.85. The first-order valence-corrected chi connectivity index (χ1v) is 5.97. The van der Waals surface area contributed by atoms with Gasteiger partial charge in [0, 0.05) is 33.7 Å². The van der Waals surface area contributed by atoms with Gasteiger partial charge in [-0.05, 0) is 32.0 Å². The number of nitrogens with two attached hydrogens (primary N) is 1. The number of benzene rings is 1. The molecule has 1 aromatic carbocycles. The van der Waals surface area contributed by atoms with Gasteiger partial charge in [0.2, 0.25) is 0 Å². The molecular formula is C12H15BrN2. The Morgan fingerprint density at radius 3 is 2.80 bits per heavy atom. The van der Waals surface area contributed by atoms with Crippen molar-refractivity contribution in [2.75, 3.05) is 0 Å². The molecule has 15 heavy (non-hydrogen) atoms. The van der Waals surface area contributed by atoms with Crippen molar-refractivity contribution < 1.29 is 0 Å². The molecule has 0 aliphatic rings. The van der Waals surface area contributed by atoms with Crippen LogP contribution in [0.4, 0.5) is 0 Å². The lowest BCUT2D eigenvalue weighted by Gasteiger charge is -2.10. The highest BCUT2D eigenvalue weighted by molar-refractivity contribution is 9.10. The lowest BCUT2D eigenvalue weighted by atomic mass is 10.2. The van der Waals surface area contributed by atoms with Crippen LogP contribution in [0.15, 0.2) is 28.7 Å². The first-order valence-electron chi connectivity index (χ1n) is 5.18. The van der Waals surface area contributed by atoms with Gasteiger partial charge in [-0.1, -0.05) is 22.0 Å². The third kappa shape index (κ3) is 1.70. The van der Waals surface area contributed by atoms with E-state index in [2.05, 4.69) is 51.7 Å². The summed E-state index contributed by atoms with van der Waals surface area (Å²) in [6.07, 6.45) is 0. The molecule has 2 N–H and O–H groups in total. The van der Waals surface area contributed by atoms with Crippen molar-refractivity contribution in [3.8, 4) is 0 Å². The van der Waals surface area contributed by atoms with E-state index in [1.54, 1.807) is 0 Å². The number of nitrogens with zero attached hydrogens (tertiary/aromatic N) is 1. The molecule has 1 atom stereocenters. The van der Waals surface area contributed by atoms with E-state index >= 15 is 0 Å². The van der Waals surface area contributed by atoms with E-state index in [1.807, 2.05) is 6.92 Å². The molecule has 0 saturated carbocycles. The van der Waals surface area contributed by atoms with E-state index in [9.17, 15) is 0 Å². The first kappa shape index (κ1) is 10.7.